The van der Waals surface area contributed by atoms with Crippen LogP contribution in [-0.4, -0.2) is 95.6 Å². The van der Waals surface area contributed by atoms with Crippen LogP contribution in [0.15, 0.2) is 12.4 Å². The number of rotatable bonds is 5. The Morgan fingerprint density at radius 1 is 1.09 bits per heavy atom. The molecule has 0 spiro atoms. The first-order chi connectivity index (χ1) is 15.6. The zero-order valence-electron chi connectivity index (χ0n) is 19.1. The van der Waals surface area contributed by atoms with Crippen molar-refractivity contribution in [2.45, 2.75) is 42.8 Å². The Kier molecular flexibility index (Phi) is 6.92. The van der Waals surface area contributed by atoms with Crippen LogP contribution in [0.2, 0.25) is 0 Å². The molecule has 1 fully saturated rings. The standard InChI is InChI=1S/C20H15B8N5O/c1-18(2,32-17-30-7-9(6-29)8-31-17)16(34)33-5-3-4-19(33,25)10-12(21)14(23)11(20(26,27)28)15(24)13(10)22/h7-8H,3-5H2,1-2H3,(H,30,31,32)/t19-/m0/s1. The van der Waals surface area contributed by atoms with E-state index in [-0.39, 0.29) is 50.4 Å². The van der Waals surface area contributed by atoms with Gasteiger partial charge in [-0.2, -0.15) is 5.26 Å². The molecule has 3 rings (SSSR count). The van der Waals surface area contributed by atoms with Gasteiger partial charge in [0, 0.05) is 12.0 Å². The summed E-state index contributed by atoms with van der Waals surface area (Å²) in [6, 6.07) is 1.93. The molecule has 150 valence electrons. The fourth-order valence-corrected chi connectivity index (χ4v) is 4.27. The summed E-state index contributed by atoms with van der Waals surface area (Å²) in [5.74, 6) is -0.201. The summed E-state index contributed by atoms with van der Waals surface area (Å²) in [6.07, 6.45) is 3.61. The van der Waals surface area contributed by atoms with Gasteiger partial charge in [0.05, 0.1) is 41.5 Å². The van der Waals surface area contributed by atoms with Crippen molar-refractivity contribution in [1.82, 2.24) is 14.9 Å². The maximum absolute atomic E-state index is 13.7. The number of carbonyl (C=O) groups is 1. The second kappa shape index (κ2) is 8.98. The van der Waals surface area contributed by atoms with Crippen LogP contribution >= 0.6 is 0 Å². The molecule has 0 bridgehead atoms. The van der Waals surface area contributed by atoms with E-state index in [2.05, 4.69) is 15.3 Å². The summed E-state index contributed by atoms with van der Waals surface area (Å²) in [5, 5.41) is 10.0. The normalized spacial score (nSPS) is 18.4. The van der Waals surface area contributed by atoms with Gasteiger partial charge in [-0.1, -0.05) is 16.5 Å². The average Bonchev–Trinajstić information content (AvgIpc) is 3.13. The summed E-state index contributed by atoms with van der Waals surface area (Å²) in [5.41, 5.74) is -2.25. The van der Waals surface area contributed by atoms with Gasteiger partial charge in [-0.05, 0) is 32.3 Å². The minimum Gasteiger partial charge on any atom is -0.340 e. The predicted molar refractivity (Wildman–Crippen MR) is 140 cm³/mol. The number of hydrogen-bond acceptors (Lipinski definition) is 5. The van der Waals surface area contributed by atoms with Crippen LogP contribution in [0, 0.1) is 11.3 Å². The van der Waals surface area contributed by atoms with Crippen LogP contribution in [-0.2, 0) is 15.3 Å². The second-order valence-corrected chi connectivity index (χ2v) is 8.98. The Morgan fingerprint density at radius 3 is 2.09 bits per heavy atom. The van der Waals surface area contributed by atoms with Crippen LogP contribution in [0.4, 0.5) is 5.95 Å². The molecule has 1 aliphatic heterocycles. The molecule has 0 saturated carbocycles. The third-order valence-electron chi connectivity index (χ3n) is 5.93. The van der Waals surface area contributed by atoms with Crippen molar-refractivity contribution in [3.63, 3.8) is 0 Å². The summed E-state index contributed by atoms with van der Waals surface area (Å²) < 4.78 is 0. The Morgan fingerprint density at radius 2 is 1.62 bits per heavy atom. The third-order valence-corrected chi connectivity index (χ3v) is 5.93. The summed E-state index contributed by atoms with van der Waals surface area (Å²) in [6.45, 7) is 3.63. The van der Waals surface area contributed by atoms with E-state index in [1.165, 1.54) is 17.3 Å². The van der Waals surface area contributed by atoms with Gasteiger partial charge in [-0.15, -0.1) is 16.0 Å². The quantitative estimate of drug-likeness (QED) is 0.492. The van der Waals surface area contributed by atoms with E-state index in [0.29, 0.717) is 19.4 Å². The molecule has 1 N–H and O–H groups in total. The Labute approximate surface area is 211 Å². The molecule has 1 aromatic carbocycles. The van der Waals surface area contributed by atoms with Gasteiger partial charge in [0.15, 0.2) is 0 Å². The molecule has 1 saturated heterocycles. The third kappa shape index (κ3) is 4.46. The molecule has 16 radical (unpaired) electrons. The number of nitriles is 1. The van der Waals surface area contributed by atoms with Crippen molar-refractivity contribution >= 4 is 96.5 Å². The summed E-state index contributed by atoms with van der Waals surface area (Å²) in [7, 11) is 49.3. The van der Waals surface area contributed by atoms with Gasteiger partial charge in [-0.3, -0.25) is 4.79 Å². The number of likely N-dealkylation sites (tertiary alicyclic amines) is 1. The van der Waals surface area contributed by atoms with Crippen LogP contribution in [0.25, 0.3) is 0 Å². The van der Waals surface area contributed by atoms with E-state index in [9.17, 15) is 4.79 Å². The van der Waals surface area contributed by atoms with E-state index in [1.807, 2.05) is 6.07 Å². The lowest BCUT2D eigenvalue weighted by Gasteiger charge is -2.44. The lowest BCUT2D eigenvalue weighted by atomic mass is 9.36. The van der Waals surface area contributed by atoms with Gasteiger partial charge < -0.3 is 10.2 Å². The molecule has 1 atom stereocenters. The van der Waals surface area contributed by atoms with Crippen LogP contribution in [0.5, 0.6) is 0 Å². The fourth-order valence-electron chi connectivity index (χ4n) is 4.27. The maximum atomic E-state index is 13.7. The first-order valence-electron chi connectivity index (χ1n) is 10.4. The molecule has 14 heteroatoms. The molecular formula is C20H15B8N5O. The zero-order chi connectivity index (χ0) is 25.6. The highest BCUT2D eigenvalue weighted by atomic mass is 16.2. The number of nitrogens with one attached hydrogen (secondary N) is 1. The van der Waals surface area contributed by atoms with E-state index < -0.39 is 16.1 Å². The van der Waals surface area contributed by atoms with E-state index in [1.54, 1.807) is 13.8 Å². The largest absolute Gasteiger partial charge is 0.340 e. The average molecular weight is 428 g/mol. The van der Waals surface area contributed by atoms with Gasteiger partial charge in [0.1, 0.15) is 50.8 Å². The molecular weight excluding hydrogens is 413 g/mol. The van der Waals surface area contributed by atoms with Crippen LogP contribution in [0.3, 0.4) is 0 Å². The SMILES string of the molecule is [B]c1c([B])c([C@]2([B])CCCN2C(=O)C(C)(C)Nc2ncc(C#N)cn2)c([B])c([B])c1C([B])([B])[B]. The van der Waals surface area contributed by atoms with Gasteiger partial charge in [-0.25, -0.2) is 9.97 Å². The van der Waals surface area contributed by atoms with Crippen molar-refractivity contribution in [2.24, 2.45) is 0 Å². The minimum absolute atomic E-state index is 0.00387. The first kappa shape index (κ1) is 26.2. The molecule has 2 heterocycles. The number of nitrogens with zero attached hydrogens (tertiary/aromatic N) is 4. The second-order valence-electron chi connectivity index (χ2n) is 8.98. The number of amides is 1. The molecule has 2 aromatic rings. The molecule has 1 amide bonds. The van der Waals surface area contributed by atoms with Gasteiger partial charge in [0.25, 0.3) is 0 Å². The Hall–Kier alpha value is -2.42. The molecule has 6 nitrogen and oxygen atoms in total. The number of anilines is 1. The molecule has 0 aliphatic carbocycles. The van der Waals surface area contributed by atoms with Crippen molar-refractivity contribution < 1.29 is 4.79 Å². The maximum Gasteiger partial charge on any atom is 0.247 e. The molecule has 1 aliphatic rings. The highest BCUT2D eigenvalue weighted by molar-refractivity contribution is 6.65. The molecule has 1 aromatic heterocycles. The minimum atomic E-state index is -1.89. The van der Waals surface area contributed by atoms with E-state index in [0.717, 1.165) is 0 Å². The highest BCUT2D eigenvalue weighted by Crippen LogP contribution is 2.36. The number of hydrogen-bond donors (Lipinski definition) is 1. The van der Waals surface area contributed by atoms with Crippen LogP contribution < -0.4 is 27.2 Å². The number of aromatic nitrogens is 2. The summed E-state index contributed by atoms with van der Waals surface area (Å²) >= 11 is 0. The smallest absolute Gasteiger partial charge is 0.247 e. The van der Waals surface area contributed by atoms with Crippen molar-refractivity contribution in [2.75, 3.05) is 11.9 Å². The molecule has 0 unspecified atom stereocenters. The monoisotopic (exact) mass is 429 g/mol. The highest BCUT2D eigenvalue weighted by Gasteiger charge is 2.46. The van der Waals surface area contributed by atoms with E-state index in [4.69, 9.17) is 68.0 Å². The topological polar surface area (TPSA) is 81.9 Å². The van der Waals surface area contributed by atoms with Gasteiger partial charge >= 0.3 is 0 Å². The summed E-state index contributed by atoms with van der Waals surface area (Å²) in [4.78, 5) is 23.3. The number of carbonyl (C=O) groups excluding carboxylic acids is 1. The van der Waals surface area contributed by atoms with Crippen molar-refractivity contribution in [3.05, 3.63) is 29.1 Å². The van der Waals surface area contributed by atoms with Gasteiger partial charge in [0.2, 0.25) is 11.9 Å². The first-order valence-corrected chi connectivity index (χ1v) is 10.4. The fraction of sp³-hybridized carbons (Fsp3) is 0.400. The Balaban J connectivity index is 2.03. The van der Waals surface area contributed by atoms with E-state index >= 15 is 0 Å². The number of benzene rings is 1. The van der Waals surface area contributed by atoms with Crippen LogP contribution in [0.1, 0.15) is 43.4 Å². The molecule has 34 heavy (non-hydrogen) atoms. The zero-order valence-corrected chi connectivity index (χ0v) is 19.1. The van der Waals surface area contributed by atoms with Crippen molar-refractivity contribution in [1.29, 1.82) is 5.26 Å². The van der Waals surface area contributed by atoms with Crippen molar-refractivity contribution in [3.8, 4) is 6.07 Å². The lowest BCUT2D eigenvalue weighted by molar-refractivity contribution is -0.137. The Bertz CT molecular complexity index is 1150. The predicted octanol–water partition coefficient (Wildman–Crippen LogP) is -4.03. The lowest BCUT2D eigenvalue weighted by Crippen LogP contribution is -2.62.